The van der Waals surface area contributed by atoms with Gasteiger partial charge in [-0.2, -0.15) is 0 Å². The Bertz CT molecular complexity index is 1390. The van der Waals surface area contributed by atoms with Gasteiger partial charge in [0.05, 0.1) is 18.1 Å². The molecule has 0 radical (unpaired) electrons. The topological polar surface area (TPSA) is 94.2 Å². The molecule has 8 nitrogen and oxygen atoms in total. The summed E-state index contributed by atoms with van der Waals surface area (Å²) in [5.74, 6) is 0.840. The lowest BCUT2D eigenvalue weighted by Crippen LogP contribution is -2.32. The third kappa shape index (κ3) is 7.42. The standard InChI is InChI=1S/C30H30N2O6S/c1-4-36-26-17-22(11-13-25(26)38-19-28(33)31-24-12-10-20(2)16-21(24)3)18-27-29(34)32(30(35)39-27)14-15-37-23-8-6-5-7-9-23/h5-13,16-18H,4,14-15,19H2,1-3H3,(H,31,33)/b27-18-. The number of nitrogens with zero attached hydrogens (tertiary/aromatic N) is 1. The highest BCUT2D eigenvalue weighted by molar-refractivity contribution is 8.18. The number of thioether (sulfide) groups is 1. The van der Waals surface area contributed by atoms with Gasteiger partial charge in [-0.1, -0.05) is 42.0 Å². The van der Waals surface area contributed by atoms with Crippen LogP contribution in [0.15, 0.2) is 71.6 Å². The van der Waals surface area contributed by atoms with Crippen molar-refractivity contribution >= 4 is 40.6 Å². The highest BCUT2D eigenvalue weighted by Crippen LogP contribution is 2.34. The Morgan fingerprint density at radius 3 is 2.49 bits per heavy atom. The van der Waals surface area contributed by atoms with E-state index < -0.39 is 0 Å². The molecule has 3 aromatic rings. The predicted molar refractivity (Wildman–Crippen MR) is 152 cm³/mol. The molecule has 3 aromatic carbocycles. The van der Waals surface area contributed by atoms with E-state index in [9.17, 15) is 14.4 Å². The summed E-state index contributed by atoms with van der Waals surface area (Å²) in [5.41, 5.74) is 3.48. The number of aryl methyl sites for hydroxylation is 2. The molecule has 1 aliphatic rings. The summed E-state index contributed by atoms with van der Waals surface area (Å²) in [5, 5.41) is 2.51. The number of benzene rings is 3. The molecule has 0 aliphatic carbocycles. The average Bonchev–Trinajstić information content (AvgIpc) is 3.18. The van der Waals surface area contributed by atoms with Gasteiger partial charge in [0.15, 0.2) is 18.1 Å². The van der Waals surface area contributed by atoms with Crippen LogP contribution in [0.5, 0.6) is 17.2 Å². The van der Waals surface area contributed by atoms with E-state index in [2.05, 4.69) is 5.32 Å². The van der Waals surface area contributed by atoms with E-state index in [0.29, 0.717) is 34.3 Å². The number of hydrogen-bond acceptors (Lipinski definition) is 7. The molecule has 3 amide bonds. The lowest BCUT2D eigenvalue weighted by molar-refractivity contribution is -0.123. The molecule has 1 saturated heterocycles. The van der Waals surface area contributed by atoms with Crippen LogP contribution in [0.2, 0.25) is 0 Å². The van der Waals surface area contributed by atoms with Gasteiger partial charge in [-0.3, -0.25) is 19.3 Å². The molecular formula is C30H30N2O6S. The summed E-state index contributed by atoms with van der Waals surface area (Å²) in [7, 11) is 0. The Kier molecular flexibility index (Phi) is 9.27. The average molecular weight is 547 g/mol. The maximum atomic E-state index is 12.9. The van der Waals surface area contributed by atoms with Crippen molar-refractivity contribution in [2.24, 2.45) is 0 Å². The summed E-state index contributed by atoms with van der Waals surface area (Å²) >= 11 is 0.881. The largest absolute Gasteiger partial charge is 0.492 e. The van der Waals surface area contributed by atoms with Crippen LogP contribution in [0.4, 0.5) is 10.5 Å². The maximum Gasteiger partial charge on any atom is 0.293 e. The van der Waals surface area contributed by atoms with Gasteiger partial charge in [-0.15, -0.1) is 0 Å². The van der Waals surface area contributed by atoms with E-state index >= 15 is 0 Å². The van der Waals surface area contributed by atoms with Gasteiger partial charge in [-0.05, 0) is 80.1 Å². The molecule has 9 heteroatoms. The van der Waals surface area contributed by atoms with E-state index in [0.717, 1.165) is 28.6 Å². The van der Waals surface area contributed by atoms with E-state index in [1.54, 1.807) is 24.3 Å². The molecule has 0 aromatic heterocycles. The molecule has 0 bridgehead atoms. The second kappa shape index (κ2) is 13.0. The van der Waals surface area contributed by atoms with Gasteiger partial charge >= 0.3 is 0 Å². The van der Waals surface area contributed by atoms with Crippen molar-refractivity contribution in [3.63, 3.8) is 0 Å². The molecular weight excluding hydrogens is 516 g/mol. The molecule has 4 rings (SSSR count). The van der Waals surface area contributed by atoms with E-state index in [-0.39, 0.29) is 36.8 Å². The quantitative estimate of drug-likeness (QED) is 0.302. The van der Waals surface area contributed by atoms with Crippen molar-refractivity contribution in [3.8, 4) is 17.2 Å². The fourth-order valence-electron chi connectivity index (χ4n) is 3.90. The van der Waals surface area contributed by atoms with Crippen molar-refractivity contribution in [3.05, 3.63) is 88.3 Å². The lowest BCUT2D eigenvalue weighted by atomic mass is 10.1. The first-order valence-corrected chi connectivity index (χ1v) is 13.4. The number of anilines is 1. The molecule has 0 unspecified atom stereocenters. The number of carbonyl (C=O) groups excluding carboxylic acids is 3. The molecule has 1 N–H and O–H groups in total. The number of ether oxygens (including phenoxy) is 3. The Hall–Kier alpha value is -4.24. The van der Waals surface area contributed by atoms with Crippen molar-refractivity contribution in [2.75, 3.05) is 31.7 Å². The minimum absolute atomic E-state index is 0.151. The Morgan fingerprint density at radius 2 is 1.74 bits per heavy atom. The molecule has 202 valence electrons. The smallest absolute Gasteiger partial charge is 0.293 e. The number of nitrogens with one attached hydrogen (secondary N) is 1. The maximum absolute atomic E-state index is 12.9. The first-order valence-electron chi connectivity index (χ1n) is 12.5. The van der Waals surface area contributed by atoms with Crippen LogP contribution in [-0.4, -0.2) is 48.3 Å². The van der Waals surface area contributed by atoms with Crippen LogP contribution in [0, 0.1) is 13.8 Å². The van der Waals surface area contributed by atoms with Crippen LogP contribution in [0.1, 0.15) is 23.6 Å². The van der Waals surface area contributed by atoms with Gasteiger partial charge in [0.1, 0.15) is 12.4 Å². The number of imide groups is 1. The molecule has 0 spiro atoms. The summed E-state index contributed by atoms with van der Waals surface area (Å²) in [6.45, 7) is 6.30. The van der Waals surface area contributed by atoms with Gasteiger partial charge in [0, 0.05) is 5.69 Å². The Labute approximate surface area is 231 Å². The lowest BCUT2D eigenvalue weighted by Gasteiger charge is -2.14. The van der Waals surface area contributed by atoms with Crippen LogP contribution in [0.25, 0.3) is 6.08 Å². The number of hydrogen-bond donors (Lipinski definition) is 1. The highest BCUT2D eigenvalue weighted by Gasteiger charge is 2.34. The first-order chi connectivity index (χ1) is 18.8. The highest BCUT2D eigenvalue weighted by atomic mass is 32.2. The van der Waals surface area contributed by atoms with Crippen molar-refractivity contribution in [2.45, 2.75) is 20.8 Å². The SMILES string of the molecule is CCOc1cc(/C=C2\SC(=O)N(CCOc3ccccc3)C2=O)ccc1OCC(=O)Nc1ccc(C)cc1C. The molecule has 1 aliphatic heterocycles. The minimum Gasteiger partial charge on any atom is -0.492 e. The summed E-state index contributed by atoms with van der Waals surface area (Å²) in [4.78, 5) is 39.3. The van der Waals surface area contributed by atoms with Crippen molar-refractivity contribution < 1.29 is 28.6 Å². The number of para-hydroxylation sites is 1. The second-order valence-corrected chi connectivity index (χ2v) is 9.78. The van der Waals surface area contributed by atoms with Crippen molar-refractivity contribution in [1.29, 1.82) is 0 Å². The number of carbonyl (C=O) groups is 3. The van der Waals surface area contributed by atoms with Gasteiger partial charge in [0.25, 0.3) is 17.1 Å². The number of rotatable bonds is 11. The van der Waals surface area contributed by atoms with Crippen molar-refractivity contribution in [1.82, 2.24) is 4.90 Å². The fourth-order valence-corrected chi connectivity index (χ4v) is 4.77. The third-order valence-corrected chi connectivity index (χ3v) is 6.69. The van der Waals surface area contributed by atoms with Crippen LogP contribution < -0.4 is 19.5 Å². The molecule has 0 atom stereocenters. The van der Waals surface area contributed by atoms with Crippen LogP contribution in [-0.2, 0) is 9.59 Å². The zero-order valence-corrected chi connectivity index (χ0v) is 22.9. The van der Waals surface area contributed by atoms with E-state index in [4.69, 9.17) is 14.2 Å². The van der Waals surface area contributed by atoms with Gasteiger partial charge in [-0.25, -0.2) is 0 Å². The summed E-state index contributed by atoms with van der Waals surface area (Å²) < 4.78 is 17.1. The van der Waals surface area contributed by atoms with E-state index in [1.165, 1.54) is 4.90 Å². The molecule has 39 heavy (non-hydrogen) atoms. The zero-order valence-electron chi connectivity index (χ0n) is 22.1. The zero-order chi connectivity index (χ0) is 27.8. The third-order valence-electron chi connectivity index (χ3n) is 5.78. The second-order valence-electron chi connectivity index (χ2n) is 8.79. The first kappa shape index (κ1) is 27.8. The molecule has 1 heterocycles. The normalized spacial score (nSPS) is 14.0. The Balaban J connectivity index is 1.38. The monoisotopic (exact) mass is 546 g/mol. The predicted octanol–water partition coefficient (Wildman–Crippen LogP) is 5.83. The minimum atomic E-state index is -0.372. The Morgan fingerprint density at radius 1 is 0.949 bits per heavy atom. The number of amides is 3. The van der Waals surface area contributed by atoms with Crippen LogP contribution in [0.3, 0.4) is 0 Å². The van der Waals surface area contributed by atoms with Gasteiger partial charge < -0.3 is 19.5 Å². The summed E-state index contributed by atoms with van der Waals surface area (Å²) in [6.07, 6.45) is 1.64. The fraction of sp³-hybridized carbons (Fsp3) is 0.233. The molecule has 0 saturated carbocycles. The van der Waals surface area contributed by atoms with Crippen LogP contribution >= 0.6 is 11.8 Å². The molecule has 1 fully saturated rings. The van der Waals surface area contributed by atoms with Gasteiger partial charge in [0.2, 0.25) is 0 Å². The van der Waals surface area contributed by atoms with E-state index in [1.807, 2.05) is 69.3 Å². The summed E-state index contributed by atoms with van der Waals surface area (Å²) in [6, 6.07) is 20.1.